The van der Waals surface area contributed by atoms with Crippen LogP contribution in [0.15, 0.2) is 24.3 Å². The molecule has 2 unspecified atom stereocenters. The maximum absolute atomic E-state index is 13.4. The Morgan fingerprint density at radius 1 is 1.26 bits per heavy atom. The van der Waals surface area contributed by atoms with Crippen molar-refractivity contribution in [2.75, 3.05) is 17.7 Å². The molecule has 3 N–H and O–H groups in total. The van der Waals surface area contributed by atoms with Gasteiger partial charge in [0, 0.05) is 12.0 Å². The molecule has 7 heteroatoms. The smallest absolute Gasteiger partial charge is 0.228 e. The zero-order chi connectivity index (χ0) is 16.8. The molecular weight excluding hydrogens is 297 g/mol. The highest BCUT2D eigenvalue weighted by molar-refractivity contribution is 5.43. The van der Waals surface area contributed by atoms with Crippen LogP contribution in [0, 0.1) is 0 Å². The summed E-state index contributed by atoms with van der Waals surface area (Å²) in [7, 11) is 0. The minimum absolute atomic E-state index is 0.000447. The first-order valence-corrected chi connectivity index (χ1v) is 7.77. The van der Waals surface area contributed by atoms with Crippen molar-refractivity contribution in [1.29, 1.82) is 0 Å². The highest BCUT2D eigenvalue weighted by Crippen LogP contribution is 2.33. The first-order valence-electron chi connectivity index (χ1n) is 7.77. The minimum atomic E-state index is -1.29. The zero-order valence-electron chi connectivity index (χ0n) is 13.6. The monoisotopic (exact) mass is 319 g/mol. The number of nitrogen functional groups attached to an aromatic ring is 1. The molecule has 2 atom stereocenters. The van der Waals surface area contributed by atoms with Crippen LogP contribution < -0.4 is 15.8 Å². The van der Waals surface area contributed by atoms with E-state index in [2.05, 4.69) is 20.3 Å². The molecule has 124 valence electrons. The number of benzene rings is 1. The number of halogens is 1. The number of aromatic nitrogens is 3. The number of ether oxygens (including phenoxy) is 1. The fourth-order valence-corrected chi connectivity index (χ4v) is 2.30. The van der Waals surface area contributed by atoms with Crippen LogP contribution >= 0.6 is 0 Å². The summed E-state index contributed by atoms with van der Waals surface area (Å²) in [5.41, 5.74) is 6.63. The molecule has 1 aliphatic rings. The van der Waals surface area contributed by atoms with E-state index in [-0.39, 0.29) is 23.8 Å². The predicted octanol–water partition coefficient (Wildman–Crippen LogP) is 3.45. The molecule has 23 heavy (non-hydrogen) atoms. The van der Waals surface area contributed by atoms with Gasteiger partial charge in [0.25, 0.3) is 0 Å². The lowest BCUT2D eigenvalue weighted by Gasteiger charge is -2.26. The molecule has 6 nitrogen and oxygen atoms in total. The number of para-hydroxylation sites is 1. The predicted molar refractivity (Wildman–Crippen MR) is 88.0 cm³/mol. The fraction of sp³-hybridized carbons (Fsp3) is 0.438. The summed E-state index contributed by atoms with van der Waals surface area (Å²) in [6.07, 6.45) is -0.527. The molecule has 1 aromatic heterocycles. The Bertz CT molecular complexity index is 650. The van der Waals surface area contributed by atoms with Gasteiger partial charge in [-0.2, -0.15) is 15.0 Å². The Balaban J connectivity index is 0.000000924. The van der Waals surface area contributed by atoms with Gasteiger partial charge in [-0.05, 0) is 13.0 Å². The highest BCUT2D eigenvalue weighted by Gasteiger charge is 2.22. The standard InChI is InChI=1S/C14H16FN5O.C2H6/c1-8(15)12-18-13(16)20-14(19-12)17-10-6-7-21-11-5-3-2-4-9(10)11;1-2/h2-5,8,10H,6-7H2,1H3,(H3,16,17,18,19,20);1-2H3. The van der Waals surface area contributed by atoms with Gasteiger partial charge in [-0.25, -0.2) is 4.39 Å². The molecular formula is C16H22FN5O. The number of fused-ring (bicyclic) bond motifs is 1. The number of hydrogen-bond donors (Lipinski definition) is 2. The Hall–Kier alpha value is -2.44. The Morgan fingerprint density at radius 2 is 2.00 bits per heavy atom. The molecule has 2 heterocycles. The van der Waals surface area contributed by atoms with E-state index in [0.29, 0.717) is 6.61 Å². The van der Waals surface area contributed by atoms with E-state index in [1.54, 1.807) is 0 Å². The second kappa shape index (κ2) is 7.71. The average Bonchev–Trinajstić information content (AvgIpc) is 2.56. The van der Waals surface area contributed by atoms with Gasteiger partial charge in [0.2, 0.25) is 11.9 Å². The van der Waals surface area contributed by atoms with Gasteiger partial charge in [-0.3, -0.25) is 0 Å². The lowest BCUT2D eigenvalue weighted by atomic mass is 10.0. The topological polar surface area (TPSA) is 86.0 Å². The molecule has 0 aliphatic carbocycles. The van der Waals surface area contributed by atoms with E-state index in [9.17, 15) is 4.39 Å². The minimum Gasteiger partial charge on any atom is -0.493 e. The van der Waals surface area contributed by atoms with Crippen molar-refractivity contribution in [3.8, 4) is 5.75 Å². The molecule has 0 amide bonds. The number of nitrogens with zero attached hydrogens (tertiary/aromatic N) is 3. The molecule has 0 bridgehead atoms. The summed E-state index contributed by atoms with van der Waals surface area (Å²) in [4.78, 5) is 11.9. The summed E-state index contributed by atoms with van der Waals surface area (Å²) in [6, 6.07) is 7.76. The number of nitrogens with one attached hydrogen (secondary N) is 1. The molecule has 3 rings (SSSR count). The number of anilines is 2. The summed E-state index contributed by atoms with van der Waals surface area (Å²) in [6.45, 7) is 5.96. The first-order chi connectivity index (χ1) is 11.1. The number of rotatable bonds is 3. The van der Waals surface area contributed by atoms with Gasteiger partial charge in [0.1, 0.15) is 5.75 Å². The van der Waals surface area contributed by atoms with Crippen molar-refractivity contribution in [3.05, 3.63) is 35.7 Å². The Morgan fingerprint density at radius 3 is 2.74 bits per heavy atom. The second-order valence-corrected chi connectivity index (χ2v) is 4.86. The molecule has 2 aromatic rings. The first kappa shape index (κ1) is 16.9. The molecule has 0 spiro atoms. The largest absolute Gasteiger partial charge is 0.493 e. The van der Waals surface area contributed by atoms with E-state index in [0.717, 1.165) is 17.7 Å². The molecule has 0 radical (unpaired) electrons. The fourth-order valence-electron chi connectivity index (χ4n) is 2.30. The maximum Gasteiger partial charge on any atom is 0.228 e. The van der Waals surface area contributed by atoms with E-state index in [1.165, 1.54) is 6.92 Å². The third kappa shape index (κ3) is 4.06. The van der Waals surface area contributed by atoms with E-state index < -0.39 is 6.17 Å². The number of hydrogen-bond acceptors (Lipinski definition) is 6. The lowest BCUT2D eigenvalue weighted by Crippen LogP contribution is -2.22. The van der Waals surface area contributed by atoms with Gasteiger partial charge in [-0.1, -0.05) is 32.0 Å². The molecule has 0 saturated heterocycles. The number of alkyl halides is 1. The molecule has 1 aliphatic heterocycles. The van der Waals surface area contributed by atoms with Crippen LogP contribution in [-0.2, 0) is 0 Å². The molecule has 0 fully saturated rings. The van der Waals surface area contributed by atoms with Crippen molar-refractivity contribution in [2.24, 2.45) is 0 Å². The van der Waals surface area contributed by atoms with Crippen molar-refractivity contribution in [1.82, 2.24) is 15.0 Å². The quantitative estimate of drug-likeness (QED) is 0.901. The highest BCUT2D eigenvalue weighted by atomic mass is 19.1. The normalized spacial score (nSPS) is 17.1. The summed E-state index contributed by atoms with van der Waals surface area (Å²) in [5.74, 6) is 1.16. The van der Waals surface area contributed by atoms with E-state index >= 15 is 0 Å². The maximum atomic E-state index is 13.4. The Labute approximate surface area is 135 Å². The zero-order valence-corrected chi connectivity index (χ0v) is 13.6. The second-order valence-electron chi connectivity index (χ2n) is 4.86. The third-order valence-electron chi connectivity index (χ3n) is 3.29. The molecule has 0 saturated carbocycles. The van der Waals surface area contributed by atoms with Crippen LogP contribution in [0.2, 0.25) is 0 Å². The Kier molecular flexibility index (Phi) is 5.67. The van der Waals surface area contributed by atoms with Crippen molar-refractivity contribution < 1.29 is 9.13 Å². The van der Waals surface area contributed by atoms with E-state index in [1.807, 2.05) is 38.1 Å². The van der Waals surface area contributed by atoms with Gasteiger partial charge >= 0.3 is 0 Å². The van der Waals surface area contributed by atoms with Crippen LogP contribution in [0.1, 0.15) is 50.8 Å². The SMILES string of the molecule is CC.CC(F)c1nc(N)nc(NC2CCOc3ccccc32)n1. The van der Waals surface area contributed by atoms with Gasteiger partial charge < -0.3 is 15.8 Å². The van der Waals surface area contributed by atoms with Crippen LogP contribution in [-0.4, -0.2) is 21.6 Å². The van der Waals surface area contributed by atoms with E-state index in [4.69, 9.17) is 10.5 Å². The van der Waals surface area contributed by atoms with Crippen molar-refractivity contribution in [2.45, 2.75) is 39.4 Å². The van der Waals surface area contributed by atoms with Gasteiger partial charge in [0.05, 0.1) is 12.6 Å². The van der Waals surface area contributed by atoms with Crippen LogP contribution in [0.3, 0.4) is 0 Å². The van der Waals surface area contributed by atoms with Crippen LogP contribution in [0.5, 0.6) is 5.75 Å². The van der Waals surface area contributed by atoms with Crippen LogP contribution in [0.4, 0.5) is 16.3 Å². The van der Waals surface area contributed by atoms with Gasteiger partial charge in [0.15, 0.2) is 12.0 Å². The number of nitrogens with two attached hydrogens (primary N) is 1. The van der Waals surface area contributed by atoms with Crippen LogP contribution in [0.25, 0.3) is 0 Å². The summed E-state index contributed by atoms with van der Waals surface area (Å²) in [5, 5.41) is 3.18. The molecule has 1 aromatic carbocycles. The summed E-state index contributed by atoms with van der Waals surface area (Å²) >= 11 is 0. The van der Waals surface area contributed by atoms with Crippen molar-refractivity contribution in [3.63, 3.8) is 0 Å². The third-order valence-corrected chi connectivity index (χ3v) is 3.29. The lowest BCUT2D eigenvalue weighted by molar-refractivity contribution is 0.274. The summed E-state index contributed by atoms with van der Waals surface area (Å²) < 4.78 is 19.0. The van der Waals surface area contributed by atoms with Crippen molar-refractivity contribution >= 4 is 11.9 Å². The van der Waals surface area contributed by atoms with Gasteiger partial charge in [-0.15, -0.1) is 0 Å². The average molecular weight is 319 g/mol.